The number of furan rings is 1. The van der Waals surface area contributed by atoms with E-state index in [9.17, 15) is 0 Å². The number of benzene rings is 5. The molecular weight excluding hydrogens is 711 g/mol. The maximum atomic E-state index is 6.48. The van der Waals surface area contributed by atoms with E-state index >= 15 is 0 Å². The number of fused-ring (bicyclic) bond motifs is 8. The van der Waals surface area contributed by atoms with Crippen LogP contribution in [-0.4, -0.2) is 23.9 Å². The van der Waals surface area contributed by atoms with E-state index in [2.05, 4.69) is 166 Å². The monoisotopic (exact) mass is 757 g/mol. The molecule has 0 aliphatic heterocycles. The van der Waals surface area contributed by atoms with Crippen molar-refractivity contribution in [3.63, 3.8) is 0 Å². The molecule has 0 amide bonds. The van der Waals surface area contributed by atoms with E-state index in [-0.39, 0.29) is 10.8 Å². The predicted molar refractivity (Wildman–Crippen MR) is 240 cm³/mol. The first-order chi connectivity index (χ1) is 27.9. The van der Waals surface area contributed by atoms with Crippen LogP contribution in [0.3, 0.4) is 0 Å². The van der Waals surface area contributed by atoms with Crippen molar-refractivity contribution >= 4 is 49.6 Å². The summed E-state index contributed by atoms with van der Waals surface area (Å²) in [7, 11) is 0. The van der Waals surface area contributed by atoms with Crippen LogP contribution >= 0.6 is 0 Å². The third-order valence-corrected chi connectivity index (χ3v) is 11.1. The van der Waals surface area contributed by atoms with E-state index in [1.807, 2.05) is 25.4 Å². The molecule has 0 spiro atoms. The van der Waals surface area contributed by atoms with Crippen LogP contribution in [0, 0.1) is 17.8 Å². The van der Waals surface area contributed by atoms with Crippen molar-refractivity contribution in [3.8, 4) is 39.3 Å². The fraction of sp³-hybridized carbons (Fsp3) is 0.212. The van der Waals surface area contributed by atoms with Crippen LogP contribution in [0.2, 0.25) is 0 Å². The number of rotatable bonds is 6. The van der Waals surface area contributed by atoms with Gasteiger partial charge in [0, 0.05) is 23.3 Å². The topological polar surface area (TPSA) is 61.2 Å². The van der Waals surface area contributed by atoms with Crippen molar-refractivity contribution in [2.24, 2.45) is 10.8 Å². The summed E-state index contributed by atoms with van der Waals surface area (Å²) in [6, 6.07) is 43.8. The lowest BCUT2D eigenvalue weighted by Crippen LogP contribution is -2.10. The summed E-state index contributed by atoms with van der Waals surface area (Å²) in [5, 5.41) is 3.37. The molecule has 0 fully saturated rings. The van der Waals surface area contributed by atoms with Gasteiger partial charge in [-0.25, -0.2) is 9.97 Å². The summed E-state index contributed by atoms with van der Waals surface area (Å²) < 4.78 is 11.0. The fourth-order valence-electron chi connectivity index (χ4n) is 8.81. The van der Waals surface area contributed by atoms with Crippen molar-refractivity contribution in [1.29, 1.82) is 0 Å². The van der Waals surface area contributed by atoms with Gasteiger partial charge in [-0.1, -0.05) is 102 Å². The Labute approximate surface area is 338 Å². The first kappa shape index (κ1) is 35.9. The third-order valence-electron chi connectivity index (χ3n) is 11.1. The molecule has 0 atom stereocenters. The molecule has 0 saturated carbocycles. The van der Waals surface area contributed by atoms with Crippen molar-refractivity contribution in [1.82, 2.24) is 23.9 Å². The van der Waals surface area contributed by atoms with Gasteiger partial charge < -0.3 is 4.42 Å². The summed E-state index contributed by atoms with van der Waals surface area (Å²) in [4.78, 5) is 15.1. The van der Waals surface area contributed by atoms with E-state index in [1.54, 1.807) is 0 Å². The first-order valence-corrected chi connectivity index (χ1v) is 20.3. The van der Waals surface area contributed by atoms with Crippen LogP contribution in [0.4, 0.5) is 0 Å². The van der Waals surface area contributed by atoms with Crippen molar-refractivity contribution in [2.75, 3.05) is 0 Å². The molecule has 286 valence electrons. The summed E-state index contributed by atoms with van der Waals surface area (Å²) in [5.74, 6) is 2.58. The van der Waals surface area contributed by atoms with Crippen molar-refractivity contribution in [3.05, 3.63) is 151 Å². The van der Waals surface area contributed by atoms with Gasteiger partial charge in [0.15, 0.2) is 0 Å². The molecule has 5 aromatic carbocycles. The molecule has 0 radical (unpaired) electrons. The molecule has 10 aromatic rings. The number of pyridine rings is 2. The van der Waals surface area contributed by atoms with E-state index in [0.717, 1.165) is 102 Å². The number of aromatic nitrogens is 5. The minimum absolute atomic E-state index is 0.141. The van der Waals surface area contributed by atoms with Crippen LogP contribution < -0.4 is 0 Å². The average Bonchev–Trinajstić information content (AvgIpc) is 3.86. The number of imidazole rings is 2. The van der Waals surface area contributed by atoms with Gasteiger partial charge in [-0.3, -0.25) is 14.0 Å². The summed E-state index contributed by atoms with van der Waals surface area (Å²) in [5.41, 5.74) is 14.4. The summed E-state index contributed by atoms with van der Waals surface area (Å²) in [6.45, 7) is 15.7. The highest BCUT2D eigenvalue weighted by Crippen LogP contribution is 2.42. The molecule has 5 heterocycles. The lowest BCUT2D eigenvalue weighted by atomic mass is 9.87. The largest absolute Gasteiger partial charge is 0.461 e. The Kier molecular flexibility index (Phi) is 8.20. The maximum absolute atomic E-state index is 6.48. The van der Waals surface area contributed by atoms with E-state index < -0.39 is 0 Å². The van der Waals surface area contributed by atoms with Crippen LogP contribution in [0.5, 0.6) is 0 Å². The van der Waals surface area contributed by atoms with Crippen molar-refractivity contribution < 1.29 is 4.42 Å². The van der Waals surface area contributed by atoms with E-state index in [0.29, 0.717) is 0 Å². The maximum Gasteiger partial charge on any atom is 0.221 e. The molecule has 5 aromatic heterocycles. The summed E-state index contributed by atoms with van der Waals surface area (Å²) in [6.07, 6.45) is 5.83. The van der Waals surface area contributed by atoms with Crippen LogP contribution in [0.25, 0.3) is 88.9 Å². The molecule has 0 unspecified atom stereocenters. The standard InChI is InChI=1S/C52H47N5O/c1-32-25-41-39-12-10-11-38(40(39)29-42(49(41)58-32)44-27-36(22-24-53-44)35-17-15-33(16-18-35)30-51(2,3)4)37-19-20-46-47(28-37)57(48-26-34(21-23-54-48)31-52(5,6)7)50-55-43-13-8-9-14-45(43)56(46)50/h8-29H,30-31H2,1-7H3. The second-order valence-electron chi connectivity index (χ2n) is 18.3. The second kappa shape index (κ2) is 13.3. The molecular formula is C52H47N5O. The lowest BCUT2D eigenvalue weighted by molar-refractivity contribution is 0.411. The van der Waals surface area contributed by atoms with Gasteiger partial charge in [0.25, 0.3) is 0 Å². The molecule has 0 bridgehead atoms. The predicted octanol–water partition coefficient (Wildman–Crippen LogP) is 13.6. The number of aryl methyl sites for hydroxylation is 1. The number of hydrogen-bond acceptors (Lipinski definition) is 4. The van der Waals surface area contributed by atoms with Gasteiger partial charge in [0.1, 0.15) is 17.2 Å². The second-order valence-corrected chi connectivity index (χ2v) is 18.3. The summed E-state index contributed by atoms with van der Waals surface area (Å²) >= 11 is 0. The Bertz CT molecular complexity index is 3200. The first-order valence-electron chi connectivity index (χ1n) is 20.3. The minimum Gasteiger partial charge on any atom is -0.461 e. The fourth-order valence-corrected chi connectivity index (χ4v) is 8.81. The SMILES string of the molecule is Cc1cc2c(o1)c(-c1cc(-c3ccc(CC(C)(C)C)cc3)ccn1)cc1c(-c3ccc4c(c3)n(-c3cc(CC(C)(C)C)ccn3)c3nc5ccccc5n43)cccc12. The minimum atomic E-state index is 0.141. The van der Waals surface area contributed by atoms with Crippen molar-refractivity contribution in [2.45, 2.75) is 61.3 Å². The Morgan fingerprint density at radius 3 is 2.12 bits per heavy atom. The molecule has 10 rings (SSSR count). The van der Waals surface area contributed by atoms with Gasteiger partial charge in [0.2, 0.25) is 5.78 Å². The zero-order valence-corrected chi connectivity index (χ0v) is 34.3. The molecule has 58 heavy (non-hydrogen) atoms. The van der Waals surface area contributed by atoms with Gasteiger partial charge in [-0.2, -0.15) is 0 Å². The van der Waals surface area contributed by atoms with Crippen LogP contribution in [-0.2, 0) is 12.8 Å². The molecule has 0 saturated heterocycles. The van der Waals surface area contributed by atoms with Crippen LogP contribution in [0.1, 0.15) is 58.4 Å². The average molecular weight is 758 g/mol. The molecule has 0 aliphatic rings. The quantitative estimate of drug-likeness (QED) is 0.169. The zero-order chi connectivity index (χ0) is 39.9. The molecule has 6 nitrogen and oxygen atoms in total. The normalized spacial score (nSPS) is 12.5. The zero-order valence-electron chi connectivity index (χ0n) is 34.3. The molecule has 0 aliphatic carbocycles. The Morgan fingerprint density at radius 2 is 1.31 bits per heavy atom. The highest BCUT2D eigenvalue weighted by molar-refractivity contribution is 6.16. The van der Waals surface area contributed by atoms with E-state index in [1.165, 1.54) is 16.7 Å². The van der Waals surface area contributed by atoms with Gasteiger partial charge >= 0.3 is 0 Å². The number of para-hydroxylation sites is 2. The van der Waals surface area contributed by atoms with E-state index in [4.69, 9.17) is 19.4 Å². The van der Waals surface area contributed by atoms with Gasteiger partial charge in [-0.15, -0.1) is 0 Å². The molecule has 0 N–H and O–H groups in total. The Balaban J connectivity index is 1.16. The Morgan fingerprint density at radius 1 is 0.552 bits per heavy atom. The lowest BCUT2D eigenvalue weighted by Gasteiger charge is -2.18. The number of nitrogens with zero attached hydrogens (tertiary/aromatic N) is 5. The highest BCUT2D eigenvalue weighted by Gasteiger charge is 2.22. The Hall–Kier alpha value is -6.53. The van der Waals surface area contributed by atoms with Gasteiger partial charge in [-0.05, 0) is 135 Å². The highest BCUT2D eigenvalue weighted by atomic mass is 16.3. The molecule has 6 heteroatoms. The number of hydrogen-bond donors (Lipinski definition) is 0. The van der Waals surface area contributed by atoms with Crippen LogP contribution in [0.15, 0.2) is 138 Å². The van der Waals surface area contributed by atoms with Gasteiger partial charge in [0.05, 0.1) is 27.8 Å². The third kappa shape index (κ3) is 6.33. The smallest absolute Gasteiger partial charge is 0.221 e.